The van der Waals surface area contributed by atoms with Crippen molar-refractivity contribution in [3.8, 4) is 0 Å². The zero-order chi connectivity index (χ0) is 15.5. The lowest BCUT2D eigenvalue weighted by atomic mass is 9.84. The second-order valence-corrected chi connectivity index (χ2v) is 5.96. The van der Waals surface area contributed by atoms with Gasteiger partial charge in [-0.25, -0.2) is 4.79 Å². The average molecular weight is 291 g/mol. The van der Waals surface area contributed by atoms with Gasteiger partial charge >= 0.3 is 5.97 Å². The summed E-state index contributed by atoms with van der Waals surface area (Å²) in [5.41, 5.74) is 0.640. The molecule has 4 nitrogen and oxygen atoms in total. The number of esters is 1. The summed E-state index contributed by atoms with van der Waals surface area (Å²) in [6.45, 7) is 8.31. The molecule has 0 bridgehead atoms. The highest BCUT2D eigenvalue weighted by Gasteiger charge is 2.34. The number of hydrogen-bond donors (Lipinski definition) is 1. The number of piperidine rings is 1. The van der Waals surface area contributed by atoms with E-state index in [2.05, 4.69) is 18.7 Å². The van der Waals surface area contributed by atoms with Crippen molar-refractivity contribution in [2.75, 3.05) is 19.7 Å². The van der Waals surface area contributed by atoms with Gasteiger partial charge in [0.1, 0.15) is 0 Å². The highest BCUT2D eigenvalue weighted by atomic mass is 16.5. The smallest absolute Gasteiger partial charge is 0.338 e. The van der Waals surface area contributed by atoms with E-state index < -0.39 is 5.60 Å². The summed E-state index contributed by atoms with van der Waals surface area (Å²) in [4.78, 5) is 14.0. The maximum absolute atomic E-state index is 11.6. The molecule has 2 rings (SSSR count). The van der Waals surface area contributed by atoms with Crippen LogP contribution in [0.1, 0.15) is 49.5 Å². The molecule has 0 radical (unpaired) electrons. The molecular formula is C17H25NO3. The lowest BCUT2D eigenvalue weighted by Crippen LogP contribution is -2.45. The summed E-state index contributed by atoms with van der Waals surface area (Å²) < 4.78 is 4.97. The molecule has 0 saturated carbocycles. The third-order valence-electron chi connectivity index (χ3n) is 4.29. The molecule has 1 fully saturated rings. The van der Waals surface area contributed by atoms with E-state index in [0.29, 0.717) is 18.2 Å². The molecule has 116 valence electrons. The normalized spacial score (nSPS) is 18.7. The number of carbonyl (C=O) groups is 1. The second kappa shape index (κ2) is 6.58. The molecule has 0 unspecified atom stereocenters. The third kappa shape index (κ3) is 3.63. The van der Waals surface area contributed by atoms with Crippen LogP contribution in [0.2, 0.25) is 0 Å². The number of hydrogen-bond acceptors (Lipinski definition) is 4. The highest BCUT2D eigenvalue weighted by molar-refractivity contribution is 5.89. The van der Waals surface area contributed by atoms with Crippen molar-refractivity contribution in [3.05, 3.63) is 35.4 Å². The number of benzene rings is 1. The van der Waals surface area contributed by atoms with Gasteiger partial charge in [0.15, 0.2) is 0 Å². The molecular weight excluding hydrogens is 266 g/mol. The van der Waals surface area contributed by atoms with E-state index >= 15 is 0 Å². The van der Waals surface area contributed by atoms with Crippen LogP contribution in [0.5, 0.6) is 0 Å². The molecule has 0 aromatic heterocycles. The number of aliphatic hydroxyl groups is 1. The van der Waals surface area contributed by atoms with Crippen molar-refractivity contribution in [2.24, 2.45) is 0 Å². The van der Waals surface area contributed by atoms with Crippen LogP contribution in [0.4, 0.5) is 0 Å². The maximum Gasteiger partial charge on any atom is 0.338 e. The number of rotatable bonds is 4. The van der Waals surface area contributed by atoms with Crippen LogP contribution in [0.15, 0.2) is 24.3 Å². The molecule has 0 aliphatic carbocycles. The van der Waals surface area contributed by atoms with Gasteiger partial charge in [0, 0.05) is 19.1 Å². The van der Waals surface area contributed by atoms with Crippen molar-refractivity contribution in [3.63, 3.8) is 0 Å². The van der Waals surface area contributed by atoms with Gasteiger partial charge < -0.3 is 14.7 Å². The highest BCUT2D eigenvalue weighted by Crippen LogP contribution is 2.33. The minimum atomic E-state index is -0.779. The maximum atomic E-state index is 11.6. The lowest BCUT2D eigenvalue weighted by molar-refractivity contribution is -0.0324. The Hall–Kier alpha value is -1.39. The van der Waals surface area contributed by atoms with Crippen LogP contribution in [-0.2, 0) is 10.3 Å². The summed E-state index contributed by atoms with van der Waals surface area (Å²) in [5.74, 6) is -0.314. The Morgan fingerprint density at radius 2 is 1.86 bits per heavy atom. The van der Waals surface area contributed by atoms with E-state index in [1.165, 1.54) is 0 Å². The first-order valence-electron chi connectivity index (χ1n) is 7.70. The van der Waals surface area contributed by atoms with Gasteiger partial charge in [-0.1, -0.05) is 12.1 Å². The van der Waals surface area contributed by atoms with Crippen molar-refractivity contribution >= 4 is 5.97 Å². The third-order valence-corrected chi connectivity index (χ3v) is 4.29. The Morgan fingerprint density at radius 1 is 1.29 bits per heavy atom. The summed E-state index contributed by atoms with van der Waals surface area (Å²) >= 11 is 0. The molecule has 1 aromatic carbocycles. The van der Waals surface area contributed by atoms with Crippen LogP contribution in [0.3, 0.4) is 0 Å². The second-order valence-electron chi connectivity index (χ2n) is 5.96. The van der Waals surface area contributed by atoms with Gasteiger partial charge in [0.25, 0.3) is 0 Å². The van der Waals surface area contributed by atoms with E-state index in [1.807, 2.05) is 12.1 Å². The summed E-state index contributed by atoms with van der Waals surface area (Å²) in [6.07, 6.45) is 1.45. The quantitative estimate of drug-likeness (QED) is 0.866. The van der Waals surface area contributed by atoms with Crippen LogP contribution in [-0.4, -0.2) is 41.7 Å². The molecule has 1 aromatic rings. The zero-order valence-electron chi connectivity index (χ0n) is 13.1. The predicted octanol–water partition coefficient (Wildman–Crippen LogP) is 2.56. The molecule has 0 atom stereocenters. The fourth-order valence-electron chi connectivity index (χ4n) is 2.83. The monoisotopic (exact) mass is 291 g/mol. The van der Waals surface area contributed by atoms with E-state index in [1.54, 1.807) is 19.1 Å². The van der Waals surface area contributed by atoms with Crippen molar-refractivity contribution in [2.45, 2.75) is 45.3 Å². The molecule has 1 saturated heterocycles. The topological polar surface area (TPSA) is 49.8 Å². The Bertz CT molecular complexity index is 473. The minimum absolute atomic E-state index is 0.314. The molecule has 4 heteroatoms. The van der Waals surface area contributed by atoms with Crippen molar-refractivity contribution in [1.29, 1.82) is 0 Å². The number of likely N-dealkylation sites (tertiary alicyclic amines) is 1. The Kier molecular flexibility index (Phi) is 5.01. The van der Waals surface area contributed by atoms with Gasteiger partial charge in [-0.3, -0.25) is 0 Å². The number of carbonyl (C=O) groups excluding carboxylic acids is 1. The molecule has 21 heavy (non-hydrogen) atoms. The Balaban J connectivity index is 2.06. The number of ether oxygens (including phenoxy) is 1. The minimum Gasteiger partial charge on any atom is -0.462 e. The first kappa shape index (κ1) is 16.0. The van der Waals surface area contributed by atoms with Crippen LogP contribution >= 0.6 is 0 Å². The van der Waals surface area contributed by atoms with Gasteiger partial charge in [-0.2, -0.15) is 0 Å². The van der Waals surface area contributed by atoms with Gasteiger partial charge in [-0.05, 0) is 51.3 Å². The molecule has 1 heterocycles. The summed E-state index contributed by atoms with van der Waals surface area (Å²) in [7, 11) is 0. The van der Waals surface area contributed by atoms with Crippen LogP contribution in [0.25, 0.3) is 0 Å². The fourth-order valence-corrected chi connectivity index (χ4v) is 2.83. The molecule has 0 amide bonds. The summed E-state index contributed by atoms with van der Waals surface area (Å²) in [6, 6.07) is 7.68. The molecule has 0 spiro atoms. The predicted molar refractivity (Wildman–Crippen MR) is 82.2 cm³/mol. The van der Waals surface area contributed by atoms with E-state index in [9.17, 15) is 9.90 Å². The average Bonchev–Trinajstić information content (AvgIpc) is 2.48. The summed E-state index contributed by atoms with van der Waals surface area (Å²) in [5, 5.41) is 10.8. The van der Waals surface area contributed by atoms with Crippen LogP contribution in [0, 0.1) is 0 Å². The SMILES string of the molecule is CCOC(=O)c1ccc(C2(O)CCN(C(C)C)CC2)cc1. The van der Waals surface area contributed by atoms with Gasteiger partial charge in [0.2, 0.25) is 0 Å². The van der Waals surface area contributed by atoms with E-state index in [-0.39, 0.29) is 5.97 Å². The first-order valence-corrected chi connectivity index (χ1v) is 7.70. The van der Waals surface area contributed by atoms with Crippen molar-refractivity contribution in [1.82, 2.24) is 4.90 Å². The zero-order valence-corrected chi connectivity index (χ0v) is 13.1. The lowest BCUT2D eigenvalue weighted by Gasteiger charge is -2.40. The van der Waals surface area contributed by atoms with Gasteiger partial charge in [0.05, 0.1) is 17.8 Å². The molecule has 1 aliphatic rings. The molecule has 1 N–H and O–H groups in total. The fraction of sp³-hybridized carbons (Fsp3) is 0.588. The first-order chi connectivity index (χ1) is 9.96. The van der Waals surface area contributed by atoms with Crippen LogP contribution < -0.4 is 0 Å². The Morgan fingerprint density at radius 3 is 2.33 bits per heavy atom. The van der Waals surface area contributed by atoms with E-state index in [0.717, 1.165) is 31.5 Å². The molecule has 1 aliphatic heterocycles. The standard InChI is InChI=1S/C17H25NO3/c1-4-21-16(19)14-5-7-15(8-6-14)17(20)9-11-18(12-10-17)13(2)3/h5-8,13,20H,4,9-12H2,1-3H3. The van der Waals surface area contributed by atoms with E-state index in [4.69, 9.17) is 4.74 Å². The van der Waals surface area contributed by atoms with Crippen molar-refractivity contribution < 1.29 is 14.6 Å². The van der Waals surface area contributed by atoms with Gasteiger partial charge in [-0.15, -0.1) is 0 Å². The Labute approximate surface area is 126 Å². The largest absolute Gasteiger partial charge is 0.462 e. The number of nitrogens with zero attached hydrogens (tertiary/aromatic N) is 1.